The van der Waals surface area contributed by atoms with Crippen LogP contribution in [0.3, 0.4) is 0 Å². The average Bonchev–Trinajstić information content (AvgIpc) is 3.88. The molecule has 0 radical (unpaired) electrons. The van der Waals surface area contributed by atoms with Gasteiger partial charge in [-0.1, -0.05) is 115 Å². The molecular weight excluding hydrogens is 649 g/mol. The minimum atomic E-state index is 0.774. The predicted molar refractivity (Wildman–Crippen MR) is 218 cm³/mol. The van der Waals surface area contributed by atoms with Crippen LogP contribution in [0.2, 0.25) is 0 Å². The van der Waals surface area contributed by atoms with Crippen LogP contribution >= 0.6 is 0 Å². The van der Waals surface area contributed by atoms with Crippen LogP contribution in [-0.2, 0) is 0 Å². The van der Waals surface area contributed by atoms with E-state index in [1.807, 2.05) is 36.4 Å². The van der Waals surface area contributed by atoms with Crippen molar-refractivity contribution in [2.75, 3.05) is 0 Å². The van der Waals surface area contributed by atoms with E-state index in [2.05, 4.69) is 143 Å². The van der Waals surface area contributed by atoms with Gasteiger partial charge >= 0.3 is 0 Å². The molecule has 0 aliphatic rings. The summed E-state index contributed by atoms with van der Waals surface area (Å²) in [4.78, 5) is 10.9. The van der Waals surface area contributed by atoms with E-state index in [4.69, 9.17) is 14.4 Å². The van der Waals surface area contributed by atoms with Crippen LogP contribution < -0.4 is 0 Å². The Morgan fingerprint density at radius 1 is 0.396 bits per heavy atom. The molecule has 246 valence electrons. The molecule has 0 saturated heterocycles. The van der Waals surface area contributed by atoms with Crippen molar-refractivity contribution in [3.63, 3.8) is 0 Å². The maximum Gasteiger partial charge on any atom is 0.165 e. The van der Waals surface area contributed by atoms with E-state index in [9.17, 15) is 0 Å². The highest BCUT2D eigenvalue weighted by Crippen LogP contribution is 2.43. The van der Waals surface area contributed by atoms with Crippen molar-refractivity contribution in [2.45, 2.75) is 0 Å². The molecule has 0 aliphatic carbocycles. The second kappa shape index (κ2) is 10.6. The summed E-state index contributed by atoms with van der Waals surface area (Å²) in [7, 11) is 0. The Kier molecular flexibility index (Phi) is 5.71. The van der Waals surface area contributed by atoms with Crippen molar-refractivity contribution < 1.29 is 4.42 Å². The number of aromatic nitrogens is 4. The molecule has 4 aromatic heterocycles. The number of para-hydroxylation sites is 5. The van der Waals surface area contributed by atoms with Gasteiger partial charge in [-0.05, 0) is 65.4 Å². The molecule has 53 heavy (non-hydrogen) atoms. The topological polar surface area (TPSA) is 48.8 Å². The Hall–Kier alpha value is -7.24. The zero-order chi connectivity index (χ0) is 34.6. The molecule has 8 aromatic carbocycles. The zero-order valence-corrected chi connectivity index (χ0v) is 28.4. The van der Waals surface area contributed by atoms with Gasteiger partial charge in [0, 0.05) is 43.6 Å². The Labute approximate surface area is 302 Å². The van der Waals surface area contributed by atoms with Gasteiger partial charge in [0.1, 0.15) is 16.9 Å². The van der Waals surface area contributed by atoms with Gasteiger partial charge in [0.15, 0.2) is 5.82 Å². The SMILES string of the molecule is c1ccc2c(c1)ccc1c2c2ccc(-n3c4ccccc4c4ccccc43)cc2n1-c1nc2ccccc2nc1-c1cccc2oc3ccccc3c12. The number of furan rings is 1. The van der Waals surface area contributed by atoms with Crippen LogP contribution in [-0.4, -0.2) is 19.1 Å². The smallest absolute Gasteiger partial charge is 0.165 e. The molecule has 0 saturated carbocycles. The summed E-state index contributed by atoms with van der Waals surface area (Å²) < 4.78 is 11.1. The van der Waals surface area contributed by atoms with Crippen LogP contribution in [0.4, 0.5) is 0 Å². The van der Waals surface area contributed by atoms with Crippen molar-refractivity contribution in [1.82, 2.24) is 19.1 Å². The first-order valence-electron chi connectivity index (χ1n) is 17.9. The first-order chi connectivity index (χ1) is 26.3. The van der Waals surface area contributed by atoms with Crippen molar-refractivity contribution >= 4 is 87.4 Å². The van der Waals surface area contributed by atoms with Gasteiger partial charge < -0.3 is 8.98 Å². The molecule has 5 heteroatoms. The second-order valence-electron chi connectivity index (χ2n) is 13.7. The van der Waals surface area contributed by atoms with E-state index >= 15 is 0 Å². The summed E-state index contributed by atoms with van der Waals surface area (Å²) in [5.41, 5.74) is 10.7. The Bertz CT molecular complexity index is 3420. The van der Waals surface area contributed by atoms with Gasteiger partial charge in [0.2, 0.25) is 0 Å². The number of benzene rings is 8. The molecule has 12 aromatic rings. The van der Waals surface area contributed by atoms with E-state index < -0.39 is 0 Å². The minimum absolute atomic E-state index is 0.774. The van der Waals surface area contributed by atoms with Crippen molar-refractivity contribution in [3.8, 4) is 22.8 Å². The van der Waals surface area contributed by atoms with Crippen LogP contribution in [0, 0.1) is 0 Å². The van der Waals surface area contributed by atoms with E-state index in [1.165, 1.54) is 38.0 Å². The maximum absolute atomic E-state index is 6.39. The molecule has 12 rings (SSSR count). The fourth-order valence-electron chi connectivity index (χ4n) is 8.64. The highest BCUT2D eigenvalue weighted by atomic mass is 16.3. The minimum Gasteiger partial charge on any atom is -0.456 e. The molecule has 0 N–H and O–H groups in total. The van der Waals surface area contributed by atoms with E-state index in [1.54, 1.807) is 0 Å². The molecule has 0 unspecified atom stereocenters. The summed E-state index contributed by atoms with van der Waals surface area (Å²) in [6.07, 6.45) is 0. The molecule has 0 aliphatic heterocycles. The summed E-state index contributed by atoms with van der Waals surface area (Å²) in [6.45, 7) is 0. The van der Waals surface area contributed by atoms with Crippen LogP contribution in [0.25, 0.3) is 110 Å². The van der Waals surface area contributed by atoms with E-state index in [0.717, 1.165) is 72.2 Å². The highest BCUT2D eigenvalue weighted by molar-refractivity contribution is 6.22. The molecule has 0 amide bonds. The lowest BCUT2D eigenvalue weighted by Crippen LogP contribution is -2.04. The Morgan fingerprint density at radius 3 is 1.87 bits per heavy atom. The number of fused-ring (bicyclic) bond motifs is 12. The van der Waals surface area contributed by atoms with Crippen molar-refractivity contribution in [1.29, 1.82) is 0 Å². The fourth-order valence-corrected chi connectivity index (χ4v) is 8.64. The molecule has 5 nitrogen and oxygen atoms in total. The molecule has 0 spiro atoms. The zero-order valence-electron chi connectivity index (χ0n) is 28.4. The van der Waals surface area contributed by atoms with Crippen molar-refractivity contribution in [2.24, 2.45) is 0 Å². The van der Waals surface area contributed by atoms with E-state index in [-0.39, 0.29) is 0 Å². The third-order valence-electron chi connectivity index (χ3n) is 10.9. The van der Waals surface area contributed by atoms with Crippen LogP contribution in [0.15, 0.2) is 174 Å². The maximum atomic E-state index is 6.39. The standard InChI is InChI=1S/C48H28N4O/c1-2-13-31-29(12-1)24-27-41-45(31)34-26-25-30(51-39-20-8-3-14-32(39)33-15-4-9-21-40(33)51)28-42(34)52(41)48-47(49-37-18-6-7-19-38(37)50-48)36-17-11-23-44-46(36)35-16-5-10-22-43(35)53-44/h1-28H. The van der Waals surface area contributed by atoms with Gasteiger partial charge in [-0.15, -0.1) is 0 Å². The Morgan fingerprint density at radius 2 is 1.06 bits per heavy atom. The molecule has 4 heterocycles. The average molecular weight is 677 g/mol. The number of hydrogen-bond donors (Lipinski definition) is 0. The summed E-state index contributed by atoms with van der Waals surface area (Å²) in [5.74, 6) is 0.774. The molecule has 0 bridgehead atoms. The predicted octanol–water partition coefficient (Wildman–Crippen LogP) is 12.5. The highest BCUT2D eigenvalue weighted by Gasteiger charge is 2.24. The van der Waals surface area contributed by atoms with Gasteiger partial charge in [-0.3, -0.25) is 4.57 Å². The van der Waals surface area contributed by atoms with Gasteiger partial charge in [-0.2, -0.15) is 0 Å². The number of rotatable bonds is 3. The molecular formula is C48H28N4O. The summed E-state index contributed by atoms with van der Waals surface area (Å²) in [5, 5.41) is 9.32. The monoisotopic (exact) mass is 676 g/mol. The number of hydrogen-bond acceptors (Lipinski definition) is 3. The van der Waals surface area contributed by atoms with Gasteiger partial charge in [0.05, 0.1) is 33.1 Å². The second-order valence-corrected chi connectivity index (χ2v) is 13.7. The van der Waals surface area contributed by atoms with Crippen molar-refractivity contribution in [3.05, 3.63) is 170 Å². The number of nitrogens with zero attached hydrogens (tertiary/aromatic N) is 4. The molecule has 0 atom stereocenters. The first-order valence-corrected chi connectivity index (χ1v) is 17.9. The van der Waals surface area contributed by atoms with E-state index in [0.29, 0.717) is 0 Å². The summed E-state index contributed by atoms with van der Waals surface area (Å²) in [6, 6.07) is 60.0. The lowest BCUT2D eigenvalue weighted by Gasteiger charge is -2.15. The normalized spacial score (nSPS) is 12.2. The van der Waals surface area contributed by atoms with Crippen LogP contribution in [0.1, 0.15) is 0 Å². The third kappa shape index (κ3) is 3.96. The summed E-state index contributed by atoms with van der Waals surface area (Å²) >= 11 is 0. The largest absolute Gasteiger partial charge is 0.456 e. The quantitative estimate of drug-likeness (QED) is 0.187. The van der Waals surface area contributed by atoms with Gasteiger partial charge in [-0.25, -0.2) is 9.97 Å². The first kappa shape index (κ1) is 28.5. The lowest BCUT2D eigenvalue weighted by atomic mass is 10.0. The lowest BCUT2D eigenvalue weighted by molar-refractivity contribution is 0.669. The fraction of sp³-hybridized carbons (Fsp3) is 0. The van der Waals surface area contributed by atoms with Gasteiger partial charge in [0.25, 0.3) is 0 Å². The Balaban J connectivity index is 1.26. The third-order valence-corrected chi connectivity index (χ3v) is 10.9. The molecule has 0 fully saturated rings. The van der Waals surface area contributed by atoms with Crippen LogP contribution in [0.5, 0.6) is 0 Å².